The third-order valence-electron chi connectivity index (χ3n) is 2.02. The van der Waals surface area contributed by atoms with E-state index < -0.39 is 0 Å². The molecule has 0 radical (unpaired) electrons. The second-order valence-electron chi connectivity index (χ2n) is 3.41. The van der Waals surface area contributed by atoms with E-state index in [0.29, 0.717) is 38.2 Å². The Kier molecular flexibility index (Phi) is 6.82. The zero-order valence-corrected chi connectivity index (χ0v) is 10.7. The van der Waals surface area contributed by atoms with Gasteiger partial charge >= 0.3 is 0 Å². The second-order valence-corrected chi connectivity index (χ2v) is 3.41. The fourth-order valence-corrected chi connectivity index (χ4v) is 1.21. The summed E-state index contributed by atoms with van der Waals surface area (Å²) in [7, 11) is 3.17. The number of anilines is 1. The van der Waals surface area contributed by atoms with E-state index in [2.05, 4.69) is 9.97 Å². The average Bonchev–Trinajstić information content (AvgIpc) is 2.37. The van der Waals surface area contributed by atoms with Crippen LogP contribution in [0.5, 0.6) is 11.8 Å². The first-order valence-corrected chi connectivity index (χ1v) is 5.64. The normalized spacial score (nSPS) is 10.3. The first-order chi connectivity index (χ1) is 8.76. The van der Waals surface area contributed by atoms with E-state index in [1.54, 1.807) is 13.2 Å². The lowest BCUT2D eigenvalue weighted by atomic mass is 10.5. The summed E-state index contributed by atoms with van der Waals surface area (Å²) in [5.41, 5.74) is 5.49. The Labute approximate surface area is 106 Å². The van der Waals surface area contributed by atoms with Gasteiger partial charge in [0.15, 0.2) is 0 Å². The summed E-state index contributed by atoms with van der Waals surface area (Å²) in [4.78, 5) is 7.77. The van der Waals surface area contributed by atoms with Crippen LogP contribution in [-0.2, 0) is 9.47 Å². The molecular weight excluding hydrogens is 238 g/mol. The van der Waals surface area contributed by atoms with Crippen LogP contribution in [0.2, 0.25) is 0 Å². The largest absolute Gasteiger partial charge is 0.481 e. The standard InChI is InChI=1S/C11H19N3O4/c1-15-4-3-5-17-6-7-18-10-8-9(16-2)13-11(12)14-10/h8H,3-7H2,1-2H3,(H2,12,13,14). The third-order valence-corrected chi connectivity index (χ3v) is 2.02. The zero-order chi connectivity index (χ0) is 13.2. The first-order valence-electron chi connectivity index (χ1n) is 5.64. The number of nitrogens with zero attached hydrogens (tertiary/aromatic N) is 2. The van der Waals surface area contributed by atoms with Crippen LogP contribution in [0.15, 0.2) is 6.07 Å². The topological polar surface area (TPSA) is 88.7 Å². The van der Waals surface area contributed by atoms with Gasteiger partial charge in [-0.2, -0.15) is 9.97 Å². The molecule has 1 heterocycles. The molecule has 1 rings (SSSR count). The number of nitrogens with two attached hydrogens (primary N) is 1. The highest BCUT2D eigenvalue weighted by Gasteiger charge is 2.03. The fraction of sp³-hybridized carbons (Fsp3) is 0.636. The molecule has 0 spiro atoms. The SMILES string of the molecule is COCCCOCCOc1cc(OC)nc(N)n1. The predicted octanol–water partition coefficient (Wildman–Crippen LogP) is 0.499. The van der Waals surface area contributed by atoms with E-state index in [1.165, 1.54) is 7.11 Å². The molecule has 0 saturated heterocycles. The van der Waals surface area contributed by atoms with E-state index in [9.17, 15) is 0 Å². The maximum Gasteiger partial charge on any atom is 0.226 e. The van der Waals surface area contributed by atoms with Crippen LogP contribution >= 0.6 is 0 Å². The summed E-state index contributed by atoms with van der Waals surface area (Å²) in [6.07, 6.45) is 0.866. The van der Waals surface area contributed by atoms with E-state index in [0.717, 1.165) is 6.42 Å². The number of nitrogen functional groups attached to an aromatic ring is 1. The lowest BCUT2D eigenvalue weighted by Crippen LogP contribution is -2.10. The zero-order valence-electron chi connectivity index (χ0n) is 10.7. The minimum atomic E-state index is 0.116. The van der Waals surface area contributed by atoms with Crippen molar-refractivity contribution in [3.05, 3.63) is 6.07 Å². The Balaban J connectivity index is 2.20. The van der Waals surface area contributed by atoms with Crippen LogP contribution in [0.1, 0.15) is 6.42 Å². The van der Waals surface area contributed by atoms with Crippen LogP contribution in [0.3, 0.4) is 0 Å². The van der Waals surface area contributed by atoms with Gasteiger partial charge < -0.3 is 24.7 Å². The Hall–Kier alpha value is -1.60. The quantitative estimate of drug-likeness (QED) is 0.644. The molecule has 1 aromatic heterocycles. The highest BCUT2D eigenvalue weighted by Crippen LogP contribution is 2.15. The van der Waals surface area contributed by atoms with Gasteiger partial charge in [-0.05, 0) is 6.42 Å². The number of hydrogen-bond donors (Lipinski definition) is 1. The number of methoxy groups -OCH3 is 2. The minimum absolute atomic E-state index is 0.116. The fourth-order valence-electron chi connectivity index (χ4n) is 1.21. The maximum atomic E-state index is 5.49. The molecule has 0 aliphatic carbocycles. The van der Waals surface area contributed by atoms with Crippen molar-refractivity contribution in [3.63, 3.8) is 0 Å². The smallest absolute Gasteiger partial charge is 0.226 e. The first kappa shape index (κ1) is 14.5. The molecule has 7 heteroatoms. The number of ether oxygens (including phenoxy) is 4. The molecule has 0 amide bonds. The molecule has 2 N–H and O–H groups in total. The Morgan fingerprint density at radius 2 is 1.83 bits per heavy atom. The van der Waals surface area contributed by atoms with Gasteiger partial charge in [0.2, 0.25) is 17.7 Å². The van der Waals surface area contributed by atoms with Gasteiger partial charge in [0.05, 0.1) is 19.8 Å². The van der Waals surface area contributed by atoms with Gasteiger partial charge in [-0.15, -0.1) is 0 Å². The highest BCUT2D eigenvalue weighted by atomic mass is 16.5. The van der Waals surface area contributed by atoms with E-state index in [4.69, 9.17) is 24.7 Å². The van der Waals surface area contributed by atoms with E-state index in [1.807, 2.05) is 0 Å². The summed E-state index contributed by atoms with van der Waals surface area (Å²) in [6.45, 7) is 2.22. The molecule has 0 bridgehead atoms. The van der Waals surface area contributed by atoms with Gasteiger partial charge in [0.1, 0.15) is 6.61 Å². The lowest BCUT2D eigenvalue weighted by molar-refractivity contribution is 0.0795. The van der Waals surface area contributed by atoms with Crippen molar-refractivity contribution in [2.75, 3.05) is 46.4 Å². The monoisotopic (exact) mass is 257 g/mol. The average molecular weight is 257 g/mol. The Morgan fingerprint density at radius 3 is 2.56 bits per heavy atom. The van der Waals surface area contributed by atoms with Crippen molar-refractivity contribution in [1.29, 1.82) is 0 Å². The van der Waals surface area contributed by atoms with Crippen molar-refractivity contribution in [2.24, 2.45) is 0 Å². The molecule has 7 nitrogen and oxygen atoms in total. The minimum Gasteiger partial charge on any atom is -0.481 e. The molecule has 0 unspecified atom stereocenters. The Bertz CT molecular complexity index is 349. The number of aromatic nitrogens is 2. The summed E-state index contributed by atoms with van der Waals surface area (Å²) >= 11 is 0. The van der Waals surface area contributed by atoms with Crippen molar-refractivity contribution < 1.29 is 18.9 Å². The van der Waals surface area contributed by atoms with Gasteiger partial charge in [-0.25, -0.2) is 0 Å². The van der Waals surface area contributed by atoms with Crippen LogP contribution in [0.4, 0.5) is 5.95 Å². The second kappa shape index (κ2) is 8.48. The van der Waals surface area contributed by atoms with Gasteiger partial charge in [0, 0.05) is 20.3 Å². The van der Waals surface area contributed by atoms with Crippen molar-refractivity contribution in [3.8, 4) is 11.8 Å². The van der Waals surface area contributed by atoms with Crippen molar-refractivity contribution in [2.45, 2.75) is 6.42 Å². The van der Waals surface area contributed by atoms with Crippen molar-refractivity contribution in [1.82, 2.24) is 9.97 Å². The number of hydrogen-bond acceptors (Lipinski definition) is 7. The summed E-state index contributed by atoms with van der Waals surface area (Å²) in [6, 6.07) is 1.57. The van der Waals surface area contributed by atoms with Crippen LogP contribution in [-0.4, -0.2) is 50.6 Å². The predicted molar refractivity (Wildman–Crippen MR) is 65.8 cm³/mol. The lowest BCUT2D eigenvalue weighted by Gasteiger charge is -2.07. The number of rotatable bonds is 9. The van der Waals surface area contributed by atoms with Crippen LogP contribution < -0.4 is 15.2 Å². The van der Waals surface area contributed by atoms with Gasteiger partial charge in [-0.3, -0.25) is 0 Å². The molecule has 0 fully saturated rings. The van der Waals surface area contributed by atoms with E-state index in [-0.39, 0.29) is 5.95 Å². The molecule has 102 valence electrons. The molecule has 1 aromatic rings. The molecule has 0 saturated carbocycles. The maximum absolute atomic E-state index is 5.49. The summed E-state index contributed by atoms with van der Waals surface area (Å²) in [5, 5.41) is 0. The van der Waals surface area contributed by atoms with Gasteiger partial charge in [0.25, 0.3) is 0 Å². The van der Waals surface area contributed by atoms with Gasteiger partial charge in [-0.1, -0.05) is 0 Å². The molecule has 0 aromatic carbocycles. The van der Waals surface area contributed by atoms with Crippen molar-refractivity contribution >= 4 is 5.95 Å². The summed E-state index contributed by atoms with van der Waals surface area (Å²) in [5.74, 6) is 0.865. The molecule has 18 heavy (non-hydrogen) atoms. The summed E-state index contributed by atoms with van der Waals surface area (Å²) < 4.78 is 20.6. The molecule has 0 aliphatic heterocycles. The Morgan fingerprint density at radius 1 is 1.06 bits per heavy atom. The highest BCUT2D eigenvalue weighted by molar-refractivity contribution is 5.29. The van der Waals surface area contributed by atoms with Crippen LogP contribution in [0.25, 0.3) is 0 Å². The third kappa shape index (κ3) is 5.65. The molecular formula is C11H19N3O4. The molecule has 0 atom stereocenters. The molecule has 0 aliphatic rings. The van der Waals surface area contributed by atoms with Crippen LogP contribution in [0, 0.1) is 0 Å². The van der Waals surface area contributed by atoms with E-state index >= 15 is 0 Å².